The van der Waals surface area contributed by atoms with Crippen molar-refractivity contribution in [2.24, 2.45) is 5.92 Å². The van der Waals surface area contributed by atoms with Crippen LogP contribution in [0.4, 0.5) is 0 Å². The monoisotopic (exact) mass is 171 g/mol. The Bertz CT molecular complexity index is 89.0. The Morgan fingerprint density at radius 3 is 2.08 bits per heavy atom. The molecule has 0 aliphatic rings. The molecular formula is C11H25N. The first-order valence-corrected chi connectivity index (χ1v) is 5.43. The van der Waals surface area contributed by atoms with E-state index in [9.17, 15) is 0 Å². The molecule has 0 rings (SSSR count). The van der Waals surface area contributed by atoms with Gasteiger partial charge in [0, 0.05) is 6.54 Å². The molecular weight excluding hydrogens is 146 g/mol. The van der Waals surface area contributed by atoms with E-state index < -0.39 is 0 Å². The van der Waals surface area contributed by atoms with Crippen molar-refractivity contribution in [2.75, 3.05) is 19.6 Å². The second-order valence-electron chi connectivity index (χ2n) is 4.05. The summed E-state index contributed by atoms with van der Waals surface area (Å²) in [5, 5.41) is 0. The van der Waals surface area contributed by atoms with Gasteiger partial charge in [0.05, 0.1) is 0 Å². The third-order valence-corrected chi connectivity index (χ3v) is 1.99. The Morgan fingerprint density at radius 2 is 1.67 bits per heavy atom. The van der Waals surface area contributed by atoms with Crippen molar-refractivity contribution in [2.45, 2.75) is 47.0 Å². The third-order valence-electron chi connectivity index (χ3n) is 1.99. The molecule has 1 nitrogen and oxygen atoms in total. The summed E-state index contributed by atoms with van der Waals surface area (Å²) in [4.78, 5) is 2.59. The highest BCUT2D eigenvalue weighted by atomic mass is 15.1. The summed E-state index contributed by atoms with van der Waals surface area (Å²) in [7, 11) is 0. The van der Waals surface area contributed by atoms with Crippen LogP contribution in [0.2, 0.25) is 0 Å². The molecule has 0 saturated carbocycles. The van der Waals surface area contributed by atoms with Crippen LogP contribution in [-0.2, 0) is 0 Å². The lowest BCUT2D eigenvalue weighted by atomic mass is 10.2. The molecule has 0 aromatic carbocycles. The Hall–Kier alpha value is -0.0400. The minimum Gasteiger partial charge on any atom is -0.303 e. The third kappa shape index (κ3) is 6.66. The first kappa shape index (κ1) is 12.0. The maximum atomic E-state index is 2.59. The zero-order valence-corrected chi connectivity index (χ0v) is 9.27. The topological polar surface area (TPSA) is 3.24 Å². The van der Waals surface area contributed by atoms with Gasteiger partial charge in [-0.1, -0.05) is 34.1 Å². The van der Waals surface area contributed by atoms with E-state index in [1.807, 2.05) is 0 Å². The standard InChI is InChI=1S/C11H25N/c1-5-7-9-12(8-6-2)10-11(3)4/h11H,5-10H2,1-4H3. The lowest BCUT2D eigenvalue weighted by Gasteiger charge is -2.23. The summed E-state index contributed by atoms with van der Waals surface area (Å²) >= 11 is 0. The predicted molar refractivity (Wildman–Crippen MR) is 56.5 cm³/mol. The van der Waals surface area contributed by atoms with E-state index in [4.69, 9.17) is 0 Å². The molecule has 1 heteroatoms. The molecule has 0 heterocycles. The second kappa shape index (κ2) is 7.60. The lowest BCUT2D eigenvalue weighted by Crippen LogP contribution is -2.29. The second-order valence-corrected chi connectivity index (χ2v) is 4.05. The Morgan fingerprint density at radius 1 is 1.00 bits per heavy atom. The van der Waals surface area contributed by atoms with E-state index >= 15 is 0 Å². The largest absolute Gasteiger partial charge is 0.303 e. The Kier molecular flexibility index (Phi) is 7.58. The van der Waals surface area contributed by atoms with Crippen LogP contribution in [0.15, 0.2) is 0 Å². The van der Waals surface area contributed by atoms with Crippen molar-refractivity contribution in [3.05, 3.63) is 0 Å². The fourth-order valence-electron chi connectivity index (χ4n) is 1.51. The van der Waals surface area contributed by atoms with Crippen LogP contribution in [0, 0.1) is 5.92 Å². The van der Waals surface area contributed by atoms with Crippen molar-refractivity contribution < 1.29 is 0 Å². The zero-order valence-electron chi connectivity index (χ0n) is 9.27. The van der Waals surface area contributed by atoms with Crippen LogP contribution in [0.25, 0.3) is 0 Å². The van der Waals surface area contributed by atoms with Gasteiger partial charge in [0.1, 0.15) is 0 Å². The molecule has 0 saturated heterocycles. The van der Waals surface area contributed by atoms with Crippen LogP contribution in [0.1, 0.15) is 47.0 Å². The van der Waals surface area contributed by atoms with Gasteiger partial charge < -0.3 is 4.90 Å². The number of hydrogen-bond donors (Lipinski definition) is 0. The van der Waals surface area contributed by atoms with E-state index in [-0.39, 0.29) is 0 Å². The summed E-state index contributed by atoms with van der Waals surface area (Å²) in [5.74, 6) is 0.813. The van der Waals surface area contributed by atoms with E-state index in [0.29, 0.717) is 0 Å². The summed E-state index contributed by atoms with van der Waals surface area (Å²) in [6, 6.07) is 0. The van der Waals surface area contributed by atoms with Crippen LogP contribution >= 0.6 is 0 Å². The molecule has 0 aliphatic heterocycles. The van der Waals surface area contributed by atoms with E-state index in [2.05, 4.69) is 32.6 Å². The molecule has 0 unspecified atom stereocenters. The number of rotatable bonds is 7. The van der Waals surface area contributed by atoms with Gasteiger partial charge in [-0.05, 0) is 31.8 Å². The van der Waals surface area contributed by atoms with Crippen LogP contribution in [-0.4, -0.2) is 24.5 Å². The van der Waals surface area contributed by atoms with Crippen molar-refractivity contribution in [3.8, 4) is 0 Å². The zero-order chi connectivity index (χ0) is 9.40. The minimum atomic E-state index is 0.813. The van der Waals surface area contributed by atoms with Crippen LogP contribution in [0.3, 0.4) is 0 Å². The molecule has 0 N–H and O–H groups in total. The first-order chi connectivity index (χ1) is 5.70. The van der Waals surface area contributed by atoms with Crippen LogP contribution in [0.5, 0.6) is 0 Å². The van der Waals surface area contributed by atoms with E-state index in [0.717, 1.165) is 5.92 Å². The highest BCUT2D eigenvalue weighted by molar-refractivity contribution is 4.58. The summed E-state index contributed by atoms with van der Waals surface area (Å²) < 4.78 is 0. The smallest absolute Gasteiger partial charge is 0.000438 e. The summed E-state index contributed by atoms with van der Waals surface area (Å²) in [6.45, 7) is 13.0. The SMILES string of the molecule is CCCCN(CCC)CC(C)C. The number of hydrogen-bond acceptors (Lipinski definition) is 1. The molecule has 0 spiro atoms. The van der Waals surface area contributed by atoms with Gasteiger partial charge in [0.15, 0.2) is 0 Å². The molecule has 0 aromatic heterocycles. The Labute approximate surface area is 78.1 Å². The average Bonchev–Trinajstić information content (AvgIpc) is 2.00. The molecule has 74 valence electrons. The van der Waals surface area contributed by atoms with E-state index in [1.165, 1.54) is 38.9 Å². The summed E-state index contributed by atoms with van der Waals surface area (Å²) in [5.41, 5.74) is 0. The highest BCUT2D eigenvalue weighted by Crippen LogP contribution is 2.02. The molecule has 0 radical (unpaired) electrons. The molecule has 0 atom stereocenters. The van der Waals surface area contributed by atoms with Crippen molar-refractivity contribution in [1.29, 1.82) is 0 Å². The van der Waals surface area contributed by atoms with Crippen molar-refractivity contribution in [3.63, 3.8) is 0 Å². The molecule has 0 aromatic rings. The normalized spacial score (nSPS) is 11.5. The van der Waals surface area contributed by atoms with Crippen molar-refractivity contribution in [1.82, 2.24) is 4.90 Å². The molecule has 0 bridgehead atoms. The van der Waals surface area contributed by atoms with Gasteiger partial charge in [-0.15, -0.1) is 0 Å². The number of nitrogens with zero attached hydrogens (tertiary/aromatic N) is 1. The van der Waals surface area contributed by atoms with Gasteiger partial charge in [-0.2, -0.15) is 0 Å². The average molecular weight is 171 g/mol. The minimum absolute atomic E-state index is 0.813. The van der Waals surface area contributed by atoms with Gasteiger partial charge in [-0.25, -0.2) is 0 Å². The fraction of sp³-hybridized carbons (Fsp3) is 1.00. The molecule has 12 heavy (non-hydrogen) atoms. The number of unbranched alkanes of at least 4 members (excludes halogenated alkanes) is 1. The van der Waals surface area contributed by atoms with Gasteiger partial charge in [-0.3, -0.25) is 0 Å². The van der Waals surface area contributed by atoms with Crippen molar-refractivity contribution >= 4 is 0 Å². The maximum absolute atomic E-state index is 2.59. The van der Waals surface area contributed by atoms with Gasteiger partial charge in [0.25, 0.3) is 0 Å². The predicted octanol–water partition coefficient (Wildman–Crippen LogP) is 3.15. The highest BCUT2D eigenvalue weighted by Gasteiger charge is 2.04. The molecule has 0 aliphatic carbocycles. The van der Waals surface area contributed by atoms with E-state index in [1.54, 1.807) is 0 Å². The molecule has 0 amide bonds. The maximum Gasteiger partial charge on any atom is 0.000438 e. The lowest BCUT2D eigenvalue weighted by molar-refractivity contribution is 0.241. The Balaban J connectivity index is 3.54. The van der Waals surface area contributed by atoms with Gasteiger partial charge in [0.2, 0.25) is 0 Å². The first-order valence-electron chi connectivity index (χ1n) is 5.43. The quantitative estimate of drug-likeness (QED) is 0.569. The van der Waals surface area contributed by atoms with Crippen LogP contribution < -0.4 is 0 Å². The molecule has 0 fully saturated rings. The van der Waals surface area contributed by atoms with Gasteiger partial charge >= 0.3 is 0 Å². The summed E-state index contributed by atoms with van der Waals surface area (Å²) in [6.07, 6.45) is 3.96. The fourth-order valence-corrected chi connectivity index (χ4v) is 1.51.